The molecule has 6 nitrogen and oxygen atoms in total. The molecule has 0 aromatic heterocycles. The third-order valence-electron chi connectivity index (χ3n) is 7.04. The van der Waals surface area contributed by atoms with Crippen LogP contribution in [0.15, 0.2) is 60.7 Å². The normalized spacial score (nSPS) is 20.9. The van der Waals surface area contributed by atoms with E-state index in [2.05, 4.69) is 48.6 Å². The largest absolute Gasteiger partial charge is 0.443 e. The Balaban J connectivity index is 1.85. The molecule has 0 bridgehead atoms. The second-order valence-electron chi connectivity index (χ2n) is 11.3. The van der Waals surface area contributed by atoms with Gasteiger partial charge in [-0.3, -0.25) is 4.90 Å². The fourth-order valence-corrected chi connectivity index (χ4v) is 5.04. The van der Waals surface area contributed by atoms with Crippen molar-refractivity contribution in [3.05, 3.63) is 71.8 Å². The lowest BCUT2D eigenvalue weighted by molar-refractivity contribution is 0.0107. The standard InChI is InChI=1S/C29H41N3O3/c1-27(2,3)35-26(34)32(25(33)30-28(4,5)22-14-10-8-11-15-22)24-18-20-29(21-19-24,31(6)7)23-16-12-9-13-17-23/h8-17,24H,18-21H2,1-7H3,(H,30,33). The zero-order valence-electron chi connectivity index (χ0n) is 22.3. The van der Waals surface area contributed by atoms with Crippen LogP contribution >= 0.6 is 0 Å². The predicted molar refractivity (Wildman–Crippen MR) is 140 cm³/mol. The fraction of sp³-hybridized carbons (Fsp3) is 0.517. The molecular formula is C29H41N3O3. The SMILES string of the molecule is CN(C)C1(c2ccccc2)CCC(N(C(=O)NC(C)(C)c2ccccc2)C(=O)OC(C)(C)C)CC1. The number of nitrogens with zero attached hydrogens (tertiary/aromatic N) is 2. The molecule has 0 spiro atoms. The summed E-state index contributed by atoms with van der Waals surface area (Å²) in [6.45, 7) is 9.36. The maximum absolute atomic E-state index is 13.6. The summed E-state index contributed by atoms with van der Waals surface area (Å²) in [5.41, 5.74) is 0.761. The van der Waals surface area contributed by atoms with Gasteiger partial charge in [-0.2, -0.15) is 0 Å². The van der Waals surface area contributed by atoms with E-state index in [9.17, 15) is 9.59 Å². The first kappa shape index (κ1) is 26.7. The van der Waals surface area contributed by atoms with Crippen LogP contribution in [-0.4, -0.2) is 47.7 Å². The number of nitrogens with one attached hydrogen (secondary N) is 1. The second-order valence-corrected chi connectivity index (χ2v) is 11.3. The highest BCUT2D eigenvalue weighted by Gasteiger charge is 2.44. The zero-order valence-corrected chi connectivity index (χ0v) is 22.3. The summed E-state index contributed by atoms with van der Waals surface area (Å²) in [6.07, 6.45) is 2.48. The molecule has 190 valence electrons. The molecule has 0 unspecified atom stereocenters. The van der Waals surface area contributed by atoms with Gasteiger partial charge >= 0.3 is 12.1 Å². The Labute approximate surface area is 210 Å². The number of carbonyl (C=O) groups excluding carboxylic acids is 2. The molecule has 2 aromatic rings. The Morgan fingerprint density at radius 2 is 1.40 bits per heavy atom. The monoisotopic (exact) mass is 479 g/mol. The van der Waals surface area contributed by atoms with E-state index < -0.39 is 23.3 Å². The van der Waals surface area contributed by atoms with Gasteiger partial charge in [0.05, 0.1) is 5.54 Å². The maximum atomic E-state index is 13.6. The highest BCUT2D eigenvalue weighted by molar-refractivity contribution is 5.92. The predicted octanol–water partition coefficient (Wildman–Crippen LogP) is 6.27. The second kappa shape index (κ2) is 10.4. The van der Waals surface area contributed by atoms with Gasteiger partial charge in [0.25, 0.3) is 0 Å². The zero-order chi connectivity index (χ0) is 25.9. The van der Waals surface area contributed by atoms with Gasteiger partial charge in [-0.25, -0.2) is 14.5 Å². The van der Waals surface area contributed by atoms with Crippen molar-refractivity contribution in [2.75, 3.05) is 14.1 Å². The van der Waals surface area contributed by atoms with Gasteiger partial charge in [0.2, 0.25) is 0 Å². The highest BCUT2D eigenvalue weighted by Crippen LogP contribution is 2.42. The van der Waals surface area contributed by atoms with Crippen LogP contribution in [0.4, 0.5) is 9.59 Å². The first-order chi connectivity index (χ1) is 16.4. The molecule has 0 aliphatic heterocycles. The number of rotatable bonds is 5. The van der Waals surface area contributed by atoms with Gasteiger partial charge in [0.1, 0.15) is 5.60 Å². The molecule has 1 aliphatic rings. The van der Waals surface area contributed by atoms with Crippen molar-refractivity contribution in [1.82, 2.24) is 15.1 Å². The van der Waals surface area contributed by atoms with Crippen molar-refractivity contribution in [3.8, 4) is 0 Å². The Morgan fingerprint density at radius 3 is 1.89 bits per heavy atom. The van der Waals surface area contributed by atoms with Crippen molar-refractivity contribution in [1.29, 1.82) is 0 Å². The lowest BCUT2D eigenvalue weighted by Crippen LogP contribution is -2.57. The topological polar surface area (TPSA) is 61.9 Å². The van der Waals surface area contributed by atoms with Crippen LogP contribution in [-0.2, 0) is 15.8 Å². The van der Waals surface area contributed by atoms with Crippen molar-refractivity contribution in [2.45, 2.75) is 83.0 Å². The maximum Gasteiger partial charge on any atom is 0.418 e. The van der Waals surface area contributed by atoms with Crippen molar-refractivity contribution in [3.63, 3.8) is 0 Å². The Bertz CT molecular complexity index is 989. The molecule has 0 saturated heterocycles. The van der Waals surface area contributed by atoms with E-state index in [1.54, 1.807) is 0 Å². The molecule has 35 heavy (non-hydrogen) atoms. The quantitative estimate of drug-likeness (QED) is 0.549. The number of hydrogen-bond donors (Lipinski definition) is 1. The average molecular weight is 480 g/mol. The Hall–Kier alpha value is -2.86. The smallest absolute Gasteiger partial charge is 0.418 e. The van der Waals surface area contributed by atoms with Crippen LogP contribution in [0.2, 0.25) is 0 Å². The summed E-state index contributed by atoms with van der Waals surface area (Å²) in [4.78, 5) is 30.5. The van der Waals surface area contributed by atoms with E-state index in [1.807, 2.05) is 71.0 Å². The third-order valence-corrected chi connectivity index (χ3v) is 7.04. The average Bonchev–Trinajstić information content (AvgIpc) is 2.79. The number of benzene rings is 2. The van der Waals surface area contributed by atoms with E-state index in [0.717, 1.165) is 18.4 Å². The van der Waals surface area contributed by atoms with Gasteiger partial charge in [0, 0.05) is 11.6 Å². The third kappa shape index (κ3) is 6.23. The molecule has 6 heteroatoms. The van der Waals surface area contributed by atoms with E-state index in [1.165, 1.54) is 10.5 Å². The summed E-state index contributed by atoms with van der Waals surface area (Å²) in [5.74, 6) is 0. The molecule has 1 fully saturated rings. The van der Waals surface area contributed by atoms with E-state index >= 15 is 0 Å². The molecule has 3 rings (SSSR count). The van der Waals surface area contributed by atoms with E-state index in [-0.39, 0.29) is 11.6 Å². The summed E-state index contributed by atoms with van der Waals surface area (Å²) < 4.78 is 5.69. The first-order valence-electron chi connectivity index (χ1n) is 12.5. The summed E-state index contributed by atoms with van der Waals surface area (Å²) in [6, 6.07) is 19.6. The van der Waals surface area contributed by atoms with Gasteiger partial charge < -0.3 is 10.1 Å². The molecule has 3 amide bonds. The van der Waals surface area contributed by atoms with Crippen molar-refractivity contribution in [2.24, 2.45) is 0 Å². The Kier molecular flexibility index (Phi) is 7.95. The van der Waals surface area contributed by atoms with E-state index in [4.69, 9.17) is 4.74 Å². The Morgan fingerprint density at radius 1 is 0.886 bits per heavy atom. The van der Waals surface area contributed by atoms with Crippen LogP contribution in [0.1, 0.15) is 71.4 Å². The van der Waals surface area contributed by atoms with Crippen LogP contribution in [0, 0.1) is 0 Å². The van der Waals surface area contributed by atoms with Crippen LogP contribution in [0.25, 0.3) is 0 Å². The minimum absolute atomic E-state index is 0.128. The van der Waals surface area contributed by atoms with Crippen LogP contribution < -0.4 is 5.32 Å². The molecule has 1 aliphatic carbocycles. The van der Waals surface area contributed by atoms with Crippen molar-refractivity contribution >= 4 is 12.1 Å². The number of ether oxygens (including phenoxy) is 1. The summed E-state index contributed by atoms with van der Waals surface area (Å²) >= 11 is 0. The number of urea groups is 1. The lowest BCUT2D eigenvalue weighted by atomic mass is 9.73. The number of hydrogen-bond acceptors (Lipinski definition) is 4. The number of carbonyl (C=O) groups is 2. The molecular weight excluding hydrogens is 438 g/mol. The fourth-order valence-electron chi connectivity index (χ4n) is 5.04. The molecule has 1 N–H and O–H groups in total. The molecule has 0 atom stereocenters. The molecule has 0 heterocycles. The summed E-state index contributed by atoms with van der Waals surface area (Å²) in [5, 5.41) is 3.09. The van der Waals surface area contributed by atoms with Crippen LogP contribution in [0.5, 0.6) is 0 Å². The van der Waals surface area contributed by atoms with Gasteiger partial charge in [0.15, 0.2) is 0 Å². The highest BCUT2D eigenvalue weighted by atomic mass is 16.6. The first-order valence-corrected chi connectivity index (χ1v) is 12.5. The van der Waals surface area contributed by atoms with Gasteiger partial charge in [-0.05, 0) is 85.5 Å². The molecule has 0 radical (unpaired) electrons. The van der Waals surface area contributed by atoms with Crippen molar-refractivity contribution < 1.29 is 14.3 Å². The number of imide groups is 1. The van der Waals surface area contributed by atoms with E-state index in [0.29, 0.717) is 12.8 Å². The molecule has 1 saturated carbocycles. The minimum Gasteiger partial charge on any atom is -0.443 e. The van der Waals surface area contributed by atoms with Crippen LogP contribution in [0.3, 0.4) is 0 Å². The lowest BCUT2D eigenvalue weighted by Gasteiger charge is -2.47. The summed E-state index contributed by atoms with van der Waals surface area (Å²) in [7, 11) is 4.21. The van der Waals surface area contributed by atoms with Gasteiger partial charge in [-0.1, -0.05) is 60.7 Å². The molecule has 2 aromatic carbocycles. The minimum atomic E-state index is -0.698. The van der Waals surface area contributed by atoms with Gasteiger partial charge in [-0.15, -0.1) is 0 Å². The number of amides is 3.